The number of hydrogen-bond acceptors (Lipinski definition) is 6. The van der Waals surface area contributed by atoms with E-state index >= 15 is 0 Å². The van der Waals surface area contributed by atoms with Crippen molar-refractivity contribution in [1.82, 2.24) is 20.0 Å². The summed E-state index contributed by atoms with van der Waals surface area (Å²) in [5.41, 5.74) is 4.41. The van der Waals surface area contributed by atoms with E-state index < -0.39 is 0 Å². The molecule has 1 fully saturated rings. The molecule has 1 saturated heterocycles. The minimum absolute atomic E-state index is 0.847. The summed E-state index contributed by atoms with van der Waals surface area (Å²) in [6.45, 7) is 12.9. The average molecular weight is 301 g/mol. The SMILES string of the molecule is Cc1cnc(N2CCN(Cc3c(C)noc3C)CC2)nc1C. The predicted molar refractivity (Wildman–Crippen MR) is 85.0 cm³/mol. The van der Waals surface area contributed by atoms with E-state index in [0.29, 0.717) is 0 Å². The number of hydrogen-bond donors (Lipinski definition) is 0. The second-order valence-electron chi connectivity index (χ2n) is 6.00. The molecular weight excluding hydrogens is 278 g/mol. The Hall–Kier alpha value is -1.95. The minimum Gasteiger partial charge on any atom is -0.361 e. The maximum Gasteiger partial charge on any atom is 0.225 e. The fraction of sp³-hybridized carbons (Fsp3) is 0.562. The van der Waals surface area contributed by atoms with Crippen molar-refractivity contribution < 1.29 is 4.52 Å². The van der Waals surface area contributed by atoms with Gasteiger partial charge in [0, 0.05) is 50.2 Å². The Bertz CT molecular complexity index is 639. The van der Waals surface area contributed by atoms with Gasteiger partial charge in [-0.05, 0) is 33.3 Å². The maximum absolute atomic E-state index is 5.24. The van der Waals surface area contributed by atoms with Gasteiger partial charge >= 0.3 is 0 Å². The lowest BCUT2D eigenvalue weighted by Crippen LogP contribution is -2.46. The summed E-state index contributed by atoms with van der Waals surface area (Å²) >= 11 is 0. The van der Waals surface area contributed by atoms with Gasteiger partial charge in [-0.15, -0.1) is 0 Å². The van der Waals surface area contributed by atoms with Crippen molar-refractivity contribution in [2.45, 2.75) is 34.2 Å². The van der Waals surface area contributed by atoms with Gasteiger partial charge in [0.05, 0.1) is 5.69 Å². The molecule has 0 N–H and O–H groups in total. The van der Waals surface area contributed by atoms with Crippen LogP contribution in [0, 0.1) is 27.7 Å². The molecule has 0 aromatic carbocycles. The number of piperazine rings is 1. The van der Waals surface area contributed by atoms with E-state index in [2.05, 4.69) is 24.9 Å². The molecule has 6 nitrogen and oxygen atoms in total. The topological polar surface area (TPSA) is 58.3 Å². The van der Waals surface area contributed by atoms with Crippen LogP contribution in [0.25, 0.3) is 0 Å². The fourth-order valence-electron chi connectivity index (χ4n) is 2.72. The van der Waals surface area contributed by atoms with Gasteiger partial charge in [0.15, 0.2) is 0 Å². The number of anilines is 1. The normalized spacial score (nSPS) is 16.3. The lowest BCUT2D eigenvalue weighted by Gasteiger charge is -2.34. The Morgan fingerprint density at radius 3 is 2.36 bits per heavy atom. The minimum atomic E-state index is 0.847. The third-order valence-electron chi connectivity index (χ3n) is 4.43. The van der Waals surface area contributed by atoms with E-state index in [0.717, 1.165) is 61.4 Å². The van der Waals surface area contributed by atoms with Gasteiger partial charge in [-0.1, -0.05) is 5.16 Å². The van der Waals surface area contributed by atoms with Crippen molar-refractivity contribution in [2.75, 3.05) is 31.1 Å². The molecule has 0 aliphatic carbocycles. The third-order valence-corrected chi connectivity index (χ3v) is 4.43. The molecule has 0 amide bonds. The average Bonchev–Trinajstić information content (AvgIpc) is 2.83. The highest BCUT2D eigenvalue weighted by molar-refractivity contribution is 5.33. The first kappa shape index (κ1) is 15.0. The van der Waals surface area contributed by atoms with E-state index in [4.69, 9.17) is 4.52 Å². The molecule has 118 valence electrons. The quantitative estimate of drug-likeness (QED) is 0.864. The summed E-state index contributed by atoms with van der Waals surface area (Å²) in [6, 6.07) is 0. The predicted octanol–water partition coefficient (Wildman–Crippen LogP) is 2.02. The van der Waals surface area contributed by atoms with Crippen molar-refractivity contribution in [1.29, 1.82) is 0 Å². The van der Waals surface area contributed by atoms with Gasteiger partial charge in [0.25, 0.3) is 0 Å². The van der Waals surface area contributed by atoms with E-state index in [-0.39, 0.29) is 0 Å². The molecule has 0 atom stereocenters. The molecule has 2 aromatic heterocycles. The van der Waals surface area contributed by atoms with Crippen LogP contribution in [0.3, 0.4) is 0 Å². The van der Waals surface area contributed by atoms with Crippen LogP contribution in [0.2, 0.25) is 0 Å². The summed E-state index contributed by atoms with van der Waals surface area (Å²) in [5.74, 6) is 1.78. The van der Waals surface area contributed by atoms with Crippen molar-refractivity contribution in [2.24, 2.45) is 0 Å². The maximum atomic E-state index is 5.24. The molecule has 0 saturated carbocycles. The number of nitrogens with zero attached hydrogens (tertiary/aromatic N) is 5. The summed E-state index contributed by atoms with van der Waals surface area (Å²) in [6.07, 6.45) is 1.91. The monoisotopic (exact) mass is 301 g/mol. The lowest BCUT2D eigenvalue weighted by atomic mass is 10.2. The van der Waals surface area contributed by atoms with Crippen molar-refractivity contribution >= 4 is 5.95 Å². The van der Waals surface area contributed by atoms with Gasteiger partial charge in [0.1, 0.15) is 5.76 Å². The van der Waals surface area contributed by atoms with Crippen molar-refractivity contribution in [3.8, 4) is 0 Å². The Balaban J connectivity index is 1.61. The first-order valence-corrected chi connectivity index (χ1v) is 7.74. The summed E-state index contributed by atoms with van der Waals surface area (Å²) in [7, 11) is 0. The smallest absolute Gasteiger partial charge is 0.225 e. The molecule has 6 heteroatoms. The van der Waals surface area contributed by atoms with Crippen LogP contribution in [0.1, 0.15) is 28.3 Å². The van der Waals surface area contributed by atoms with E-state index in [1.807, 2.05) is 33.9 Å². The van der Waals surface area contributed by atoms with Gasteiger partial charge in [-0.25, -0.2) is 9.97 Å². The number of rotatable bonds is 3. The second-order valence-corrected chi connectivity index (χ2v) is 6.00. The Morgan fingerprint density at radius 1 is 1.05 bits per heavy atom. The first-order valence-electron chi connectivity index (χ1n) is 7.74. The highest BCUT2D eigenvalue weighted by atomic mass is 16.5. The van der Waals surface area contributed by atoms with Crippen LogP contribution in [0.5, 0.6) is 0 Å². The molecule has 3 heterocycles. The zero-order chi connectivity index (χ0) is 15.7. The molecular formula is C16H23N5O. The van der Waals surface area contributed by atoms with Crippen molar-refractivity contribution in [3.63, 3.8) is 0 Å². The van der Waals surface area contributed by atoms with Crippen LogP contribution in [-0.4, -0.2) is 46.2 Å². The molecule has 0 radical (unpaired) electrons. The summed E-state index contributed by atoms with van der Waals surface area (Å²) in [4.78, 5) is 13.8. The number of aryl methyl sites for hydroxylation is 4. The zero-order valence-electron chi connectivity index (χ0n) is 13.8. The van der Waals surface area contributed by atoms with Gasteiger partial charge in [0.2, 0.25) is 5.95 Å². The molecule has 1 aliphatic heterocycles. The van der Waals surface area contributed by atoms with E-state index in [1.54, 1.807) is 0 Å². The molecule has 1 aliphatic rings. The van der Waals surface area contributed by atoms with Crippen LogP contribution < -0.4 is 4.90 Å². The molecule has 0 unspecified atom stereocenters. The largest absolute Gasteiger partial charge is 0.361 e. The lowest BCUT2D eigenvalue weighted by molar-refractivity contribution is 0.246. The molecule has 0 spiro atoms. The first-order chi connectivity index (χ1) is 10.5. The zero-order valence-corrected chi connectivity index (χ0v) is 13.8. The van der Waals surface area contributed by atoms with E-state index in [9.17, 15) is 0 Å². The molecule has 3 rings (SSSR count). The molecule has 2 aromatic rings. The third kappa shape index (κ3) is 2.97. The fourth-order valence-corrected chi connectivity index (χ4v) is 2.72. The molecule has 22 heavy (non-hydrogen) atoms. The van der Waals surface area contributed by atoms with Gasteiger partial charge < -0.3 is 9.42 Å². The van der Waals surface area contributed by atoms with Gasteiger partial charge in [-0.3, -0.25) is 4.90 Å². The summed E-state index contributed by atoms with van der Waals surface area (Å²) in [5, 5.41) is 4.03. The Labute approximate surface area is 131 Å². The van der Waals surface area contributed by atoms with Crippen molar-refractivity contribution in [3.05, 3.63) is 34.5 Å². The standard InChI is InChI=1S/C16H23N5O/c1-11-9-17-16(18-12(11)2)21-7-5-20(6-8-21)10-15-13(3)19-22-14(15)4/h9H,5-8,10H2,1-4H3. The van der Waals surface area contributed by atoms with E-state index in [1.165, 1.54) is 5.56 Å². The highest BCUT2D eigenvalue weighted by Crippen LogP contribution is 2.18. The van der Waals surface area contributed by atoms with Crippen LogP contribution >= 0.6 is 0 Å². The van der Waals surface area contributed by atoms with Crippen LogP contribution in [0.15, 0.2) is 10.7 Å². The van der Waals surface area contributed by atoms with Crippen LogP contribution in [-0.2, 0) is 6.54 Å². The number of aromatic nitrogens is 3. The van der Waals surface area contributed by atoms with Crippen LogP contribution in [0.4, 0.5) is 5.95 Å². The Kier molecular flexibility index (Phi) is 4.11. The van der Waals surface area contributed by atoms with Gasteiger partial charge in [-0.2, -0.15) is 0 Å². The molecule has 0 bridgehead atoms. The Morgan fingerprint density at radius 2 is 1.77 bits per heavy atom. The second kappa shape index (κ2) is 6.04. The summed E-state index contributed by atoms with van der Waals surface area (Å²) < 4.78 is 5.24. The highest BCUT2D eigenvalue weighted by Gasteiger charge is 2.21.